The number of allylic oxidation sites excluding steroid dienone is 2. The van der Waals surface area contributed by atoms with Crippen LogP contribution in [0.15, 0.2) is 41.3 Å². The zero-order valence-corrected chi connectivity index (χ0v) is 9.28. The van der Waals surface area contributed by atoms with E-state index in [1.165, 1.54) is 17.7 Å². The third-order valence-electron chi connectivity index (χ3n) is 3.34. The van der Waals surface area contributed by atoms with Gasteiger partial charge in [0, 0.05) is 10.1 Å². The van der Waals surface area contributed by atoms with Crippen molar-refractivity contribution >= 4 is 11.8 Å². The summed E-state index contributed by atoms with van der Waals surface area (Å²) < 4.78 is 0. The van der Waals surface area contributed by atoms with Crippen molar-refractivity contribution in [2.24, 2.45) is 11.8 Å². The van der Waals surface area contributed by atoms with Crippen LogP contribution in [0.25, 0.3) is 0 Å². The number of hydrogen-bond acceptors (Lipinski definition) is 2. The molecule has 2 aliphatic carbocycles. The van der Waals surface area contributed by atoms with Gasteiger partial charge in [-0.2, -0.15) is 0 Å². The molecule has 15 heavy (non-hydrogen) atoms. The molecule has 0 aromatic heterocycles. The smallest absolute Gasteiger partial charge is 0.115 e. The average molecular weight is 218 g/mol. The maximum absolute atomic E-state index is 9.20. The Balaban J connectivity index is 1.71. The summed E-state index contributed by atoms with van der Waals surface area (Å²) in [5.74, 6) is 1.98. The van der Waals surface area contributed by atoms with Crippen molar-refractivity contribution < 1.29 is 5.11 Å². The Bertz CT molecular complexity index is 382. The van der Waals surface area contributed by atoms with E-state index in [4.69, 9.17) is 0 Å². The van der Waals surface area contributed by atoms with Crippen LogP contribution < -0.4 is 0 Å². The molecule has 2 aliphatic rings. The third-order valence-corrected chi connectivity index (χ3v) is 4.73. The molecule has 3 atom stereocenters. The molecule has 2 bridgehead atoms. The van der Waals surface area contributed by atoms with E-state index < -0.39 is 0 Å². The number of phenolic OH excluding ortho intramolecular Hbond substituents is 1. The van der Waals surface area contributed by atoms with Crippen LogP contribution in [0.4, 0.5) is 0 Å². The topological polar surface area (TPSA) is 20.2 Å². The minimum atomic E-state index is 0.354. The fraction of sp³-hybridized carbons (Fsp3) is 0.385. The van der Waals surface area contributed by atoms with Crippen LogP contribution in [0.5, 0.6) is 5.75 Å². The standard InChI is InChI=1S/C13H14OS/c14-11-3-5-12(6-4-11)15-13-8-9-1-2-10(13)7-9/h1-6,9-10,13-14H,7-8H2. The van der Waals surface area contributed by atoms with Crippen molar-refractivity contribution in [1.29, 1.82) is 0 Å². The highest BCUT2D eigenvalue weighted by Gasteiger charge is 2.35. The lowest BCUT2D eigenvalue weighted by Crippen LogP contribution is -2.08. The number of hydrogen-bond donors (Lipinski definition) is 1. The lowest BCUT2D eigenvalue weighted by Gasteiger charge is -2.17. The minimum absolute atomic E-state index is 0.354. The number of thioether (sulfide) groups is 1. The van der Waals surface area contributed by atoms with Crippen molar-refractivity contribution in [3.8, 4) is 5.75 Å². The van der Waals surface area contributed by atoms with E-state index >= 15 is 0 Å². The van der Waals surface area contributed by atoms with Crippen LogP contribution >= 0.6 is 11.8 Å². The van der Waals surface area contributed by atoms with Crippen molar-refractivity contribution in [3.63, 3.8) is 0 Å². The molecule has 0 aliphatic heterocycles. The minimum Gasteiger partial charge on any atom is -0.508 e. The van der Waals surface area contributed by atoms with Crippen LogP contribution in [0.2, 0.25) is 0 Å². The van der Waals surface area contributed by atoms with Crippen LogP contribution in [-0.2, 0) is 0 Å². The highest BCUT2D eigenvalue weighted by Crippen LogP contribution is 2.47. The molecule has 1 aromatic rings. The van der Waals surface area contributed by atoms with Gasteiger partial charge in [0.2, 0.25) is 0 Å². The summed E-state index contributed by atoms with van der Waals surface area (Å²) in [6.45, 7) is 0. The van der Waals surface area contributed by atoms with E-state index in [1.807, 2.05) is 23.9 Å². The second-order valence-corrected chi connectivity index (χ2v) is 5.74. The summed E-state index contributed by atoms with van der Waals surface area (Å²) in [6.07, 6.45) is 7.44. The van der Waals surface area contributed by atoms with E-state index in [2.05, 4.69) is 12.2 Å². The number of aromatic hydroxyl groups is 1. The summed E-state index contributed by atoms with van der Waals surface area (Å²) >= 11 is 1.96. The van der Waals surface area contributed by atoms with Crippen LogP contribution in [-0.4, -0.2) is 10.4 Å². The summed E-state index contributed by atoms with van der Waals surface area (Å²) in [5, 5.41) is 9.96. The van der Waals surface area contributed by atoms with Gasteiger partial charge in [-0.3, -0.25) is 0 Å². The Labute approximate surface area is 94.2 Å². The van der Waals surface area contributed by atoms with E-state index in [1.54, 1.807) is 12.1 Å². The SMILES string of the molecule is Oc1ccc(SC2CC3C=CC2C3)cc1. The molecule has 0 amide bonds. The van der Waals surface area contributed by atoms with Crippen molar-refractivity contribution in [2.75, 3.05) is 0 Å². The maximum atomic E-state index is 9.20. The molecular formula is C13H14OS. The quantitative estimate of drug-likeness (QED) is 0.767. The fourth-order valence-corrected chi connectivity index (χ4v) is 3.93. The molecule has 1 nitrogen and oxygen atoms in total. The first-order chi connectivity index (χ1) is 7.31. The number of fused-ring (bicyclic) bond motifs is 2. The highest BCUT2D eigenvalue weighted by atomic mass is 32.2. The fourth-order valence-electron chi connectivity index (χ4n) is 2.57. The normalized spacial score (nSPS) is 32.4. The predicted octanol–water partition coefficient (Wildman–Crippen LogP) is 3.45. The molecular weight excluding hydrogens is 204 g/mol. The Morgan fingerprint density at radius 2 is 1.87 bits per heavy atom. The van der Waals surface area contributed by atoms with Crippen molar-refractivity contribution in [2.45, 2.75) is 23.0 Å². The van der Waals surface area contributed by atoms with E-state index in [-0.39, 0.29) is 0 Å². The molecule has 0 spiro atoms. The third kappa shape index (κ3) is 1.78. The van der Waals surface area contributed by atoms with Gasteiger partial charge in [0.05, 0.1) is 0 Å². The van der Waals surface area contributed by atoms with Gasteiger partial charge in [-0.1, -0.05) is 12.2 Å². The number of benzene rings is 1. The van der Waals surface area contributed by atoms with E-state index in [0.717, 1.165) is 17.1 Å². The number of rotatable bonds is 2. The zero-order valence-electron chi connectivity index (χ0n) is 8.47. The van der Waals surface area contributed by atoms with Gasteiger partial charge in [0.15, 0.2) is 0 Å². The molecule has 78 valence electrons. The summed E-state index contributed by atoms with van der Waals surface area (Å²) in [5.41, 5.74) is 0. The van der Waals surface area contributed by atoms with Gasteiger partial charge in [0.25, 0.3) is 0 Å². The summed E-state index contributed by atoms with van der Waals surface area (Å²) in [6, 6.07) is 7.56. The molecule has 0 radical (unpaired) electrons. The first kappa shape index (κ1) is 9.34. The Morgan fingerprint density at radius 3 is 2.47 bits per heavy atom. The molecule has 1 fully saturated rings. The van der Waals surface area contributed by atoms with Gasteiger partial charge < -0.3 is 5.11 Å². The van der Waals surface area contributed by atoms with Gasteiger partial charge in [-0.25, -0.2) is 0 Å². The maximum Gasteiger partial charge on any atom is 0.115 e. The first-order valence-corrected chi connectivity index (χ1v) is 6.33. The second kappa shape index (κ2) is 3.60. The van der Waals surface area contributed by atoms with E-state index in [0.29, 0.717) is 5.75 Å². The average Bonchev–Trinajstić information content (AvgIpc) is 2.83. The molecule has 1 saturated carbocycles. The lowest BCUT2D eigenvalue weighted by molar-refractivity contribution is 0.475. The molecule has 1 aromatic carbocycles. The number of phenols is 1. The zero-order chi connectivity index (χ0) is 10.3. The Hall–Kier alpha value is -0.890. The Morgan fingerprint density at radius 1 is 1.07 bits per heavy atom. The molecule has 3 rings (SSSR count). The predicted molar refractivity (Wildman–Crippen MR) is 63.1 cm³/mol. The first-order valence-electron chi connectivity index (χ1n) is 5.45. The lowest BCUT2D eigenvalue weighted by atomic mass is 10.1. The summed E-state index contributed by atoms with van der Waals surface area (Å²) in [7, 11) is 0. The highest BCUT2D eigenvalue weighted by molar-refractivity contribution is 8.00. The molecule has 0 heterocycles. The van der Waals surface area contributed by atoms with Crippen molar-refractivity contribution in [3.05, 3.63) is 36.4 Å². The molecule has 2 heteroatoms. The van der Waals surface area contributed by atoms with Gasteiger partial charge in [-0.15, -0.1) is 11.8 Å². The molecule has 3 unspecified atom stereocenters. The molecule has 1 N–H and O–H groups in total. The van der Waals surface area contributed by atoms with Crippen LogP contribution in [0.3, 0.4) is 0 Å². The molecule has 0 saturated heterocycles. The van der Waals surface area contributed by atoms with Crippen LogP contribution in [0.1, 0.15) is 12.8 Å². The van der Waals surface area contributed by atoms with Gasteiger partial charge in [-0.05, 0) is 48.9 Å². The Kier molecular flexibility index (Phi) is 2.24. The second-order valence-electron chi connectivity index (χ2n) is 4.43. The van der Waals surface area contributed by atoms with Crippen LogP contribution in [0, 0.1) is 11.8 Å². The monoisotopic (exact) mass is 218 g/mol. The summed E-state index contributed by atoms with van der Waals surface area (Å²) in [4.78, 5) is 1.28. The van der Waals surface area contributed by atoms with E-state index in [9.17, 15) is 5.11 Å². The van der Waals surface area contributed by atoms with Crippen molar-refractivity contribution in [1.82, 2.24) is 0 Å². The van der Waals surface area contributed by atoms with Gasteiger partial charge >= 0.3 is 0 Å². The van der Waals surface area contributed by atoms with Gasteiger partial charge in [0.1, 0.15) is 5.75 Å². The largest absolute Gasteiger partial charge is 0.508 e.